The number of aromatic nitrogens is 1. The van der Waals surface area contributed by atoms with Crippen LogP contribution in [0.2, 0.25) is 0 Å². The van der Waals surface area contributed by atoms with E-state index in [1.807, 2.05) is 18.5 Å². The Kier molecular flexibility index (Phi) is 5.11. The summed E-state index contributed by atoms with van der Waals surface area (Å²) >= 11 is 0. The molecule has 2 heterocycles. The summed E-state index contributed by atoms with van der Waals surface area (Å²) in [5, 5.41) is 9.22. The second kappa shape index (κ2) is 6.83. The average molecular weight is 249 g/mol. The Labute approximate surface area is 109 Å². The first kappa shape index (κ1) is 13.5. The number of aliphatic hydroxyl groups excluding tert-OH is 1. The molecule has 1 saturated heterocycles. The summed E-state index contributed by atoms with van der Waals surface area (Å²) in [6.07, 6.45) is 5.79. The lowest BCUT2D eigenvalue weighted by Gasteiger charge is -2.30. The molecule has 0 spiro atoms. The van der Waals surface area contributed by atoms with E-state index >= 15 is 0 Å². The quantitative estimate of drug-likeness (QED) is 0.863. The minimum absolute atomic E-state index is 0.266. The van der Waals surface area contributed by atoms with Crippen molar-refractivity contribution in [1.29, 1.82) is 0 Å². The van der Waals surface area contributed by atoms with Crippen LogP contribution >= 0.6 is 0 Å². The van der Waals surface area contributed by atoms with Crippen LogP contribution < -0.4 is 0 Å². The summed E-state index contributed by atoms with van der Waals surface area (Å²) in [7, 11) is 2.16. The molecule has 4 nitrogen and oxygen atoms in total. The number of likely N-dealkylation sites (N-methyl/N-ethyl adjacent to an activating group) is 1. The maximum absolute atomic E-state index is 9.22. The molecule has 1 aromatic rings. The van der Waals surface area contributed by atoms with E-state index in [0.717, 1.165) is 32.6 Å². The highest BCUT2D eigenvalue weighted by Gasteiger charge is 2.22. The summed E-state index contributed by atoms with van der Waals surface area (Å²) in [4.78, 5) is 9.02. The molecule has 4 heteroatoms. The van der Waals surface area contributed by atoms with Crippen LogP contribution in [0.15, 0.2) is 24.5 Å². The number of rotatable bonds is 4. The van der Waals surface area contributed by atoms with Gasteiger partial charge in [0.15, 0.2) is 0 Å². The van der Waals surface area contributed by atoms with Crippen molar-refractivity contribution in [2.45, 2.75) is 25.4 Å². The van der Waals surface area contributed by atoms with E-state index in [0.29, 0.717) is 6.04 Å². The van der Waals surface area contributed by atoms with Crippen molar-refractivity contribution in [3.8, 4) is 0 Å². The molecule has 100 valence electrons. The molecule has 0 amide bonds. The standard InChI is InChI=1S/C14H23N3O/c1-16-7-3-8-17(14(12-16)5-9-18)11-13-4-2-6-15-10-13/h2,4,6,10,14,18H,3,5,7-9,11-12H2,1H3. The SMILES string of the molecule is CN1CCCN(Cc2cccnc2)C(CCO)C1. The van der Waals surface area contributed by atoms with Crippen LogP contribution in [0.25, 0.3) is 0 Å². The Morgan fingerprint density at radius 2 is 2.33 bits per heavy atom. The zero-order valence-corrected chi connectivity index (χ0v) is 11.1. The average Bonchev–Trinajstić information content (AvgIpc) is 2.54. The maximum Gasteiger partial charge on any atom is 0.0446 e. The lowest BCUT2D eigenvalue weighted by molar-refractivity contribution is 0.143. The van der Waals surface area contributed by atoms with Gasteiger partial charge in [-0.2, -0.15) is 0 Å². The fourth-order valence-electron chi connectivity index (χ4n) is 2.65. The highest BCUT2D eigenvalue weighted by molar-refractivity contribution is 5.08. The number of hydrogen-bond acceptors (Lipinski definition) is 4. The van der Waals surface area contributed by atoms with Crippen molar-refractivity contribution in [3.05, 3.63) is 30.1 Å². The van der Waals surface area contributed by atoms with E-state index in [1.165, 1.54) is 12.0 Å². The summed E-state index contributed by atoms with van der Waals surface area (Å²) in [6, 6.07) is 4.56. The van der Waals surface area contributed by atoms with Gasteiger partial charge in [-0.3, -0.25) is 9.88 Å². The number of hydrogen-bond donors (Lipinski definition) is 1. The predicted octanol–water partition coefficient (Wildman–Crippen LogP) is 0.970. The first-order valence-electron chi connectivity index (χ1n) is 6.72. The molecule has 1 atom stereocenters. The molecule has 1 unspecified atom stereocenters. The van der Waals surface area contributed by atoms with E-state index < -0.39 is 0 Å². The molecule has 1 fully saturated rings. The minimum Gasteiger partial charge on any atom is -0.396 e. The first-order chi connectivity index (χ1) is 8.79. The molecule has 1 aromatic heterocycles. The Morgan fingerprint density at radius 1 is 1.44 bits per heavy atom. The van der Waals surface area contributed by atoms with Crippen LogP contribution in [0.1, 0.15) is 18.4 Å². The highest BCUT2D eigenvalue weighted by atomic mass is 16.3. The third-order valence-electron chi connectivity index (χ3n) is 3.59. The van der Waals surface area contributed by atoms with Crippen LogP contribution in [0.5, 0.6) is 0 Å². The van der Waals surface area contributed by atoms with Crippen molar-refractivity contribution in [2.75, 3.05) is 33.3 Å². The van der Waals surface area contributed by atoms with Crippen molar-refractivity contribution in [1.82, 2.24) is 14.8 Å². The van der Waals surface area contributed by atoms with Gasteiger partial charge in [0.25, 0.3) is 0 Å². The van der Waals surface area contributed by atoms with E-state index in [1.54, 1.807) is 0 Å². The molecule has 18 heavy (non-hydrogen) atoms. The smallest absolute Gasteiger partial charge is 0.0446 e. The van der Waals surface area contributed by atoms with E-state index in [2.05, 4.69) is 27.9 Å². The fraction of sp³-hybridized carbons (Fsp3) is 0.643. The summed E-state index contributed by atoms with van der Waals surface area (Å²) < 4.78 is 0. The third kappa shape index (κ3) is 3.77. The molecular weight excluding hydrogens is 226 g/mol. The lowest BCUT2D eigenvalue weighted by Crippen LogP contribution is -2.40. The summed E-state index contributed by atoms with van der Waals surface area (Å²) in [6.45, 7) is 4.49. The van der Waals surface area contributed by atoms with Crippen molar-refractivity contribution < 1.29 is 5.11 Å². The van der Waals surface area contributed by atoms with E-state index in [9.17, 15) is 5.11 Å². The first-order valence-corrected chi connectivity index (χ1v) is 6.72. The Bertz CT molecular complexity index is 344. The highest BCUT2D eigenvalue weighted by Crippen LogP contribution is 2.15. The Hall–Kier alpha value is -0.970. The third-order valence-corrected chi connectivity index (χ3v) is 3.59. The fourth-order valence-corrected chi connectivity index (χ4v) is 2.65. The van der Waals surface area contributed by atoms with Crippen LogP contribution in [0.4, 0.5) is 0 Å². The van der Waals surface area contributed by atoms with E-state index in [-0.39, 0.29) is 6.61 Å². The van der Waals surface area contributed by atoms with Crippen molar-refractivity contribution in [2.24, 2.45) is 0 Å². The molecule has 1 N–H and O–H groups in total. The van der Waals surface area contributed by atoms with Crippen LogP contribution in [0, 0.1) is 0 Å². The number of nitrogens with zero attached hydrogens (tertiary/aromatic N) is 3. The monoisotopic (exact) mass is 249 g/mol. The maximum atomic E-state index is 9.22. The van der Waals surface area contributed by atoms with Crippen molar-refractivity contribution >= 4 is 0 Å². The van der Waals surface area contributed by atoms with Gasteiger partial charge in [-0.15, -0.1) is 0 Å². The molecule has 0 saturated carbocycles. The molecule has 0 bridgehead atoms. The second-order valence-electron chi connectivity index (χ2n) is 5.11. The van der Waals surface area contributed by atoms with Gasteiger partial charge in [-0.25, -0.2) is 0 Å². The Balaban J connectivity index is 2.02. The van der Waals surface area contributed by atoms with Gasteiger partial charge < -0.3 is 10.0 Å². The number of pyridine rings is 1. The van der Waals surface area contributed by atoms with Crippen LogP contribution in [-0.4, -0.2) is 59.2 Å². The number of aliphatic hydroxyl groups is 1. The van der Waals surface area contributed by atoms with Crippen LogP contribution in [-0.2, 0) is 6.54 Å². The van der Waals surface area contributed by atoms with Gasteiger partial charge in [-0.1, -0.05) is 6.07 Å². The predicted molar refractivity (Wildman–Crippen MR) is 72.3 cm³/mol. The molecular formula is C14H23N3O. The van der Waals surface area contributed by atoms with Gasteiger partial charge in [0.2, 0.25) is 0 Å². The zero-order valence-electron chi connectivity index (χ0n) is 11.1. The minimum atomic E-state index is 0.266. The van der Waals surface area contributed by atoms with E-state index in [4.69, 9.17) is 0 Å². The summed E-state index contributed by atoms with van der Waals surface area (Å²) in [5.74, 6) is 0. The van der Waals surface area contributed by atoms with Gasteiger partial charge in [0, 0.05) is 44.7 Å². The molecule has 2 rings (SSSR count). The second-order valence-corrected chi connectivity index (χ2v) is 5.11. The van der Waals surface area contributed by atoms with Crippen molar-refractivity contribution in [3.63, 3.8) is 0 Å². The largest absolute Gasteiger partial charge is 0.396 e. The van der Waals surface area contributed by atoms with Gasteiger partial charge in [0.1, 0.15) is 0 Å². The molecule has 0 aliphatic carbocycles. The molecule has 1 aliphatic heterocycles. The Morgan fingerprint density at radius 3 is 3.06 bits per heavy atom. The topological polar surface area (TPSA) is 39.6 Å². The zero-order chi connectivity index (χ0) is 12.8. The normalized spacial score (nSPS) is 22.9. The molecule has 1 aliphatic rings. The summed E-state index contributed by atoms with van der Waals surface area (Å²) in [5.41, 5.74) is 1.25. The molecule has 0 aromatic carbocycles. The van der Waals surface area contributed by atoms with Gasteiger partial charge >= 0.3 is 0 Å². The van der Waals surface area contributed by atoms with Gasteiger partial charge in [-0.05, 0) is 38.1 Å². The lowest BCUT2D eigenvalue weighted by atomic mass is 10.1. The van der Waals surface area contributed by atoms with Gasteiger partial charge in [0.05, 0.1) is 0 Å². The molecule has 0 radical (unpaired) electrons. The van der Waals surface area contributed by atoms with Crippen LogP contribution in [0.3, 0.4) is 0 Å².